The molecule has 2 aromatic carbocycles. The molecule has 0 bridgehead atoms. The van der Waals surface area contributed by atoms with Gasteiger partial charge in [-0.1, -0.05) is 6.92 Å². The van der Waals surface area contributed by atoms with Crippen LogP contribution >= 0.6 is 0 Å². The zero-order valence-electron chi connectivity index (χ0n) is 16.2. The van der Waals surface area contributed by atoms with Crippen molar-refractivity contribution in [2.45, 2.75) is 20.3 Å². The second-order valence-electron chi connectivity index (χ2n) is 6.01. The number of nitrogens with zero attached hydrogens (tertiary/aromatic N) is 2. The first kappa shape index (κ1) is 20.1. The molecule has 0 aliphatic carbocycles. The molecular weight excluding hydrogens is 374 g/mol. The van der Waals surface area contributed by atoms with E-state index in [1.807, 2.05) is 6.92 Å². The number of hydrogen-bond donors (Lipinski definition) is 1. The molecule has 1 aromatic heterocycles. The fourth-order valence-corrected chi connectivity index (χ4v) is 2.46. The largest absolute Gasteiger partial charge is 0.484 e. The molecule has 0 spiro atoms. The van der Waals surface area contributed by atoms with Gasteiger partial charge in [-0.25, -0.2) is 4.79 Å². The first-order valence-electron chi connectivity index (χ1n) is 9.21. The summed E-state index contributed by atoms with van der Waals surface area (Å²) in [5.74, 6) is 0.840. The normalized spacial score (nSPS) is 10.4. The molecule has 0 radical (unpaired) electrons. The summed E-state index contributed by atoms with van der Waals surface area (Å²) in [7, 11) is 0. The minimum Gasteiger partial charge on any atom is -0.484 e. The van der Waals surface area contributed by atoms with E-state index in [4.69, 9.17) is 13.9 Å². The highest BCUT2D eigenvalue weighted by molar-refractivity contribution is 5.93. The average Bonchev–Trinajstić information content (AvgIpc) is 3.23. The number of hydrogen-bond acceptors (Lipinski definition) is 7. The van der Waals surface area contributed by atoms with E-state index in [-0.39, 0.29) is 12.5 Å². The van der Waals surface area contributed by atoms with Crippen LogP contribution in [0.15, 0.2) is 52.9 Å². The van der Waals surface area contributed by atoms with Crippen molar-refractivity contribution in [3.05, 3.63) is 60.0 Å². The molecule has 3 rings (SSSR count). The third-order valence-corrected chi connectivity index (χ3v) is 3.92. The Balaban J connectivity index is 1.50. The smallest absolute Gasteiger partial charge is 0.338 e. The van der Waals surface area contributed by atoms with Crippen molar-refractivity contribution in [1.29, 1.82) is 0 Å². The van der Waals surface area contributed by atoms with Crippen LogP contribution in [0.2, 0.25) is 0 Å². The highest BCUT2D eigenvalue weighted by atomic mass is 16.5. The number of amides is 1. The molecule has 150 valence electrons. The first-order valence-corrected chi connectivity index (χ1v) is 9.21. The lowest BCUT2D eigenvalue weighted by atomic mass is 10.2. The van der Waals surface area contributed by atoms with Crippen molar-refractivity contribution < 1.29 is 23.5 Å². The molecule has 0 aliphatic rings. The standard InChI is InChI=1S/C21H21N3O5/c1-3-19-23-24-20(29-19)14-7-11-17(12-8-14)28-13-18(25)22-16-9-5-15(6-10-16)21(26)27-4-2/h5-12H,3-4,13H2,1-2H3,(H,22,25). The number of carbonyl (C=O) groups is 2. The van der Waals surface area contributed by atoms with E-state index < -0.39 is 5.97 Å². The second-order valence-corrected chi connectivity index (χ2v) is 6.01. The van der Waals surface area contributed by atoms with Gasteiger partial charge in [0, 0.05) is 17.7 Å². The molecule has 0 saturated carbocycles. The van der Waals surface area contributed by atoms with E-state index in [1.54, 1.807) is 55.5 Å². The predicted octanol–water partition coefficient (Wildman–Crippen LogP) is 3.49. The van der Waals surface area contributed by atoms with Gasteiger partial charge in [0.15, 0.2) is 6.61 Å². The Bertz CT molecular complexity index is 965. The van der Waals surface area contributed by atoms with Gasteiger partial charge in [-0.2, -0.15) is 0 Å². The molecular formula is C21H21N3O5. The van der Waals surface area contributed by atoms with Gasteiger partial charge >= 0.3 is 5.97 Å². The number of aryl methyl sites for hydroxylation is 1. The number of nitrogens with one attached hydrogen (secondary N) is 1. The van der Waals surface area contributed by atoms with Crippen LogP contribution in [-0.2, 0) is 16.0 Å². The van der Waals surface area contributed by atoms with Gasteiger partial charge in [-0.15, -0.1) is 10.2 Å². The van der Waals surface area contributed by atoms with Crippen molar-refractivity contribution in [2.75, 3.05) is 18.5 Å². The van der Waals surface area contributed by atoms with E-state index in [2.05, 4.69) is 15.5 Å². The van der Waals surface area contributed by atoms with Gasteiger partial charge in [-0.3, -0.25) is 4.79 Å². The van der Waals surface area contributed by atoms with Crippen molar-refractivity contribution in [3.63, 3.8) is 0 Å². The maximum Gasteiger partial charge on any atom is 0.338 e. The Labute approximate surface area is 167 Å². The number of rotatable bonds is 8. The third-order valence-electron chi connectivity index (χ3n) is 3.92. The van der Waals surface area contributed by atoms with Crippen LogP contribution in [0.3, 0.4) is 0 Å². The van der Waals surface area contributed by atoms with Crippen LogP contribution in [0.25, 0.3) is 11.5 Å². The number of aromatic nitrogens is 2. The fourth-order valence-electron chi connectivity index (χ4n) is 2.46. The molecule has 8 nitrogen and oxygen atoms in total. The van der Waals surface area contributed by atoms with Gasteiger partial charge in [0.1, 0.15) is 5.75 Å². The number of anilines is 1. The summed E-state index contributed by atoms with van der Waals surface area (Å²) in [6.45, 7) is 3.84. The van der Waals surface area contributed by atoms with E-state index in [0.717, 1.165) is 5.56 Å². The maximum absolute atomic E-state index is 12.1. The Morgan fingerprint density at radius 2 is 1.72 bits per heavy atom. The SMILES string of the molecule is CCOC(=O)c1ccc(NC(=O)COc2ccc(-c3nnc(CC)o3)cc2)cc1. The van der Waals surface area contributed by atoms with E-state index >= 15 is 0 Å². The highest BCUT2D eigenvalue weighted by Gasteiger charge is 2.09. The van der Waals surface area contributed by atoms with Crippen LogP contribution in [0.1, 0.15) is 30.1 Å². The molecule has 1 N–H and O–H groups in total. The second kappa shape index (κ2) is 9.50. The summed E-state index contributed by atoms with van der Waals surface area (Å²) in [6, 6.07) is 13.5. The average molecular weight is 395 g/mol. The topological polar surface area (TPSA) is 104 Å². The van der Waals surface area contributed by atoms with Crippen molar-refractivity contribution in [2.24, 2.45) is 0 Å². The van der Waals surface area contributed by atoms with Crippen LogP contribution < -0.4 is 10.1 Å². The summed E-state index contributed by atoms with van der Waals surface area (Å²) in [4.78, 5) is 23.7. The van der Waals surface area contributed by atoms with E-state index in [1.165, 1.54) is 0 Å². The summed E-state index contributed by atoms with van der Waals surface area (Å²) < 4.78 is 15.9. The number of ether oxygens (including phenoxy) is 2. The molecule has 0 atom stereocenters. The molecule has 29 heavy (non-hydrogen) atoms. The molecule has 3 aromatic rings. The molecule has 8 heteroatoms. The summed E-state index contributed by atoms with van der Waals surface area (Å²) >= 11 is 0. The van der Waals surface area contributed by atoms with Gasteiger partial charge in [-0.05, 0) is 55.5 Å². The van der Waals surface area contributed by atoms with Crippen LogP contribution in [0.5, 0.6) is 5.75 Å². The fraction of sp³-hybridized carbons (Fsp3) is 0.238. The zero-order chi connectivity index (χ0) is 20.6. The minimum atomic E-state index is -0.399. The minimum absolute atomic E-state index is 0.153. The molecule has 0 aliphatic heterocycles. The number of esters is 1. The van der Waals surface area contributed by atoms with Crippen molar-refractivity contribution >= 4 is 17.6 Å². The Morgan fingerprint density at radius 3 is 2.34 bits per heavy atom. The molecule has 0 unspecified atom stereocenters. The summed E-state index contributed by atoms with van der Waals surface area (Å²) in [6.07, 6.45) is 0.675. The van der Waals surface area contributed by atoms with Crippen molar-refractivity contribution in [1.82, 2.24) is 10.2 Å². The summed E-state index contributed by atoms with van der Waals surface area (Å²) in [5, 5.41) is 10.6. The lowest BCUT2D eigenvalue weighted by Gasteiger charge is -2.08. The molecule has 1 amide bonds. The zero-order valence-corrected chi connectivity index (χ0v) is 16.2. The predicted molar refractivity (Wildman–Crippen MR) is 106 cm³/mol. The van der Waals surface area contributed by atoms with E-state index in [9.17, 15) is 9.59 Å². The van der Waals surface area contributed by atoms with Crippen molar-refractivity contribution in [3.8, 4) is 17.2 Å². The third kappa shape index (κ3) is 5.41. The van der Waals surface area contributed by atoms with Gasteiger partial charge in [0.05, 0.1) is 12.2 Å². The molecule has 0 fully saturated rings. The van der Waals surface area contributed by atoms with Gasteiger partial charge < -0.3 is 19.2 Å². The van der Waals surface area contributed by atoms with E-state index in [0.29, 0.717) is 41.8 Å². The Kier molecular flexibility index (Phi) is 6.57. The van der Waals surface area contributed by atoms with Gasteiger partial charge in [0.25, 0.3) is 5.91 Å². The monoisotopic (exact) mass is 395 g/mol. The van der Waals surface area contributed by atoms with Gasteiger partial charge in [0.2, 0.25) is 11.8 Å². The number of carbonyl (C=O) groups excluding carboxylic acids is 2. The van der Waals surface area contributed by atoms with Crippen LogP contribution in [0, 0.1) is 0 Å². The Morgan fingerprint density at radius 1 is 1.00 bits per heavy atom. The maximum atomic E-state index is 12.1. The highest BCUT2D eigenvalue weighted by Crippen LogP contribution is 2.21. The first-order chi connectivity index (χ1) is 14.1. The summed E-state index contributed by atoms with van der Waals surface area (Å²) in [5.41, 5.74) is 1.76. The van der Waals surface area contributed by atoms with Crippen LogP contribution in [0.4, 0.5) is 5.69 Å². The molecule has 1 heterocycles. The lowest BCUT2D eigenvalue weighted by molar-refractivity contribution is -0.118. The quantitative estimate of drug-likeness (QED) is 0.582. The lowest BCUT2D eigenvalue weighted by Crippen LogP contribution is -2.20. The number of benzene rings is 2. The molecule has 0 saturated heterocycles. The Hall–Kier alpha value is -3.68. The van der Waals surface area contributed by atoms with Crippen LogP contribution in [-0.4, -0.2) is 35.3 Å².